The van der Waals surface area contributed by atoms with Crippen LogP contribution in [0.25, 0.3) is 43.4 Å². The number of carbonyl (C=O) groups excluding carboxylic acids is 2. The molecule has 0 saturated carbocycles. The molecule has 0 bridgehead atoms. The van der Waals surface area contributed by atoms with Crippen molar-refractivity contribution in [3.8, 4) is 34.5 Å². The van der Waals surface area contributed by atoms with E-state index in [-0.39, 0.29) is 40.6 Å². The first-order chi connectivity index (χ1) is 41.7. The Labute approximate surface area is 514 Å². The number of thioether (sulfide) groups is 1. The number of nitrogens with one attached hydrogen (secondary N) is 2. The van der Waals surface area contributed by atoms with E-state index in [0.29, 0.717) is 101 Å². The number of phenols is 2. The van der Waals surface area contributed by atoms with Gasteiger partial charge in [-0.15, -0.1) is 23.2 Å². The second-order valence-corrected chi connectivity index (χ2v) is 28.3. The van der Waals surface area contributed by atoms with Crippen molar-refractivity contribution >= 4 is 111 Å². The smallest absolute Gasteiger partial charge is 0.274 e. The number of nitrogens with zero attached hydrogens (tertiary/aromatic N) is 4. The molecule has 2 amide bonds. The van der Waals surface area contributed by atoms with Crippen molar-refractivity contribution in [2.75, 3.05) is 124 Å². The van der Waals surface area contributed by atoms with Crippen LogP contribution in [0.1, 0.15) is 82.5 Å². The van der Waals surface area contributed by atoms with Gasteiger partial charge in [0.2, 0.25) is 0 Å². The number of aromatic amines is 2. The second kappa shape index (κ2) is 23.9. The quantitative estimate of drug-likeness (QED) is 0.0753. The van der Waals surface area contributed by atoms with Crippen LogP contribution in [0.5, 0.6) is 34.5 Å². The molecule has 4 fully saturated rings. The number of likely N-dealkylation sites (tertiary alicyclic amines) is 2. The molecule has 6 aliphatic rings. The molecule has 4 N–H and O–H groups in total. The van der Waals surface area contributed by atoms with Gasteiger partial charge in [0, 0.05) is 107 Å². The van der Waals surface area contributed by atoms with Gasteiger partial charge in [0.15, 0.2) is 32.8 Å². The zero-order valence-electron chi connectivity index (χ0n) is 48.5. The van der Waals surface area contributed by atoms with E-state index in [1.54, 1.807) is 36.2 Å². The van der Waals surface area contributed by atoms with Crippen LogP contribution in [0, 0.1) is 10.8 Å². The normalized spacial score (nSPS) is 20.5. The minimum atomic E-state index is -2.88. The Balaban J connectivity index is 0.000000160. The first-order valence-corrected chi connectivity index (χ1v) is 33.9. The Morgan fingerprint density at radius 2 is 1.06 bits per heavy atom. The number of rotatable bonds is 14. The van der Waals surface area contributed by atoms with E-state index in [1.165, 1.54) is 30.8 Å². The maximum absolute atomic E-state index is 13.9. The Bertz CT molecular complexity index is 4020. The summed E-state index contributed by atoms with van der Waals surface area (Å²) < 4.78 is 47.7. The highest BCUT2D eigenvalue weighted by atomic mass is 35.5. The van der Waals surface area contributed by atoms with Crippen molar-refractivity contribution in [1.29, 1.82) is 0 Å². The number of aromatic nitrogens is 2. The lowest BCUT2D eigenvalue weighted by molar-refractivity contribution is 0.0977. The number of phenolic OH excluding ortho intramolecular Hbond substituents is 2. The van der Waals surface area contributed by atoms with Gasteiger partial charge < -0.3 is 48.9 Å². The highest BCUT2D eigenvalue weighted by Gasteiger charge is 2.44. The van der Waals surface area contributed by atoms with Crippen molar-refractivity contribution in [2.45, 2.75) is 50.4 Å². The van der Waals surface area contributed by atoms with Gasteiger partial charge >= 0.3 is 0 Å². The van der Waals surface area contributed by atoms with Crippen molar-refractivity contribution < 1.29 is 47.2 Å². The minimum Gasteiger partial charge on any atom is -0.507 e. The molecule has 8 aromatic rings. The number of ether oxygens (including phenoxy) is 4. The van der Waals surface area contributed by atoms with Crippen LogP contribution in [-0.2, 0) is 9.84 Å². The van der Waals surface area contributed by atoms with Gasteiger partial charge in [0.25, 0.3) is 11.8 Å². The second-order valence-electron chi connectivity index (χ2n) is 24.4. The topological polar surface area (TPSA) is 190 Å². The minimum absolute atomic E-state index is 0.0249. The summed E-state index contributed by atoms with van der Waals surface area (Å²) >= 11 is 14.9. The van der Waals surface area contributed by atoms with Crippen LogP contribution in [0.4, 0.5) is 11.4 Å². The average Bonchev–Trinajstić information content (AvgIpc) is 2.70. The molecule has 2 spiro atoms. The van der Waals surface area contributed by atoms with Crippen LogP contribution in [0.15, 0.2) is 97.1 Å². The number of carbonyl (C=O) groups is 2. The van der Waals surface area contributed by atoms with Crippen molar-refractivity contribution in [3.63, 3.8) is 0 Å². The summed E-state index contributed by atoms with van der Waals surface area (Å²) in [5, 5.41) is 26.6. The van der Waals surface area contributed by atoms with Crippen LogP contribution in [-0.4, -0.2) is 165 Å². The summed E-state index contributed by atoms with van der Waals surface area (Å²) in [4.78, 5) is 42.5. The van der Waals surface area contributed by atoms with Crippen LogP contribution in [0.3, 0.4) is 0 Å². The van der Waals surface area contributed by atoms with Gasteiger partial charge in [-0.1, -0.05) is 48.5 Å². The number of amides is 2. The number of sulfone groups is 1. The Morgan fingerprint density at radius 3 is 1.47 bits per heavy atom. The number of fused-ring (bicyclic) bond motifs is 8. The molecule has 0 aliphatic carbocycles. The number of aromatic hydroxyl groups is 2. The highest BCUT2D eigenvalue weighted by Crippen LogP contribution is 2.49. The molecule has 452 valence electrons. The molecule has 2 atom stereocenters. The lowest BCUT2D eigenvalue weighted by Gasteiger charge is -2.38. The molecule has 6 aromatic carbocycles. The first kappa shape index (κ1) is 58.5. The molecule has 8 heterocycles. The molecule has 0 radical (unpaired) electrons. The lowest BCUT2D eigenvalue weighted by atomic mass is 9.78. The summed E-state index contributed by atoms with van der Waals surface area (Å²) in [6, 6.07) is 30.0. The number of methoxy groups -OCH3 is 2. The van der Waals surface area contributed by atoms with E-state index in [2.05, 4.69) is 31.5 Å². The number of piperidine rings is 2. The van der Waals surface area contributed by atoms with Gasteiger partial charge in [0.05, 0.1) is 37.1 Å². The number of alkyl halides is 2. The zero-order chi connectivity index (χ0) is 59.5. The van der Waals surface area contributed by atoms with Crippen LogP contribution < -0.4 is 28.7 Å². The van der Waals surface area contributed by atoms with Crippen LogP contribution in [0.2, 0.25) is 0 Å². The summed E-state index contributed by atoms with van der Waals surface area (Å²) in [5.41, 5.74) is 6.34. The number of H-pyrrole nitrogens is 2. The predicted molar refractivity (Wildman–Crippen MR) is 344 cm³/mol. The van der Waals surface area contributed by atoms with E-state index in [0.717, 1.165) is 113 Å². The maximum atomic E-state index is 13.9. The number of anilines is 2. The van der Waals surface area contributed by atoms with E-state index in [4.69, 9.17) is 42.1 Å². The molecule has 4 saturated heterocycles. The van der Waals surface area contributed by atoms with E-state index < -0.39 is 9.84 Å². The fraction of sp³-hybridized carbons (Fsp3) is 0.424. The number of halogens is 2. The van der Waals surface area contributed by atoms with Gasteiger partial charge in [-0.25, -0.2) is 8.42 Å². The first-order valence-electron chi connectivity index (χ1n) is 29.8. The van der Waals surface area contributed by atoms with Gasteiger partial charge in [-0.2, -0.15) is 11.8 Å². The number of hydrogen-bond donors (Lipinski definition) is 4. The van der Waals surface area contributed by atoms with Gasteiger partial charge in [0.1, 0.15) is 36.1 Å². The third kappa shape index (κ3) is 11.2. The molecule has 0 unspecified atom stereocenters. The standard InChI is InChI=1S/C33H36ClN3O6S.C33H36ClN3O4S/c1-42-29-16-25-21(15-30(29)43-12-11-36-9-6-33(7-10-36)8-13-44(40,41)20-33)14-26(35-25)32(39)37-19-22(18-34)31-24-5-3-2-4-23(24)28(38)17-27(31)37;1-40-29-16-25-21(15-30(29)41-12-11-36-9-6-33(7-10-36)8-13-42-20-33)14-26(35-25)32(39)37-19-22(18-34)31-24-5-3-2-4-23(24)28(38)17-27(31)37/h2-5,14-17,22,35,38H,6-13,18-20H2,1H3;2-5,14-17,22,35,38H,6-13,18-20H2,1H3/t2*22-/m11/s1. The van der Waals surface area contributed by atoms with Crippen molar-refractivity contribution in [1.82, 2.24) is 19.8 Å². The summed E-state index contributed by atoms with van der Waals surface area (Å²) in [6.07, 6.45) is 6.55. The maximum Gasteiger partial charge on any atom is 0.274 e. The monoisotopic (exact) mass is 1240 g/mol. The summed E-state index contributed by atoms with van der Waals surface area (Å²) in [6.45, 7) is 7.57. The number of hydrogen-bond acceptors (Lipinski definition) is 13. The lowest BCUT2D eigenvalue weighted by Crippen LogP contribution is -2.42. The van der Waals surface area contributed by atoms with E-state index in [1.807, 2.05) is 84.9 Å². The molecule has 86 heavy (non-hydrogen) atoms. The molecule has 2 aromatic heterocycles. The largest absolute Gasteiger partial charge is 0.507 e. The van der Waals surface area contributed by atoms with E-state index in [9.17, 15) is 28.2 Å². The molecular weight excluding hydrogens is 1170 g/mol. The zero-order valence-corrected chi connectivity index (χ0v) is 51.6. The summed E-state index contributed by atoms with van der Waals surface area (Å²) in [7, 11) is 0.342. The molecule has 6 aliphatic heterocycles. The summed E-state index contributed by atoms with van der Waals surface area (Å²) in [5.74, 6) is 6.35. The molecule has 20 heteroatoms. The molecule has 16 nitrogen and oxygen atoms in total. The van der Waals surface area contributed by atoms with Crippen LogP contribution >= 0.6 is 35.0 Å². The fourth-order valence-electron chi connectivity index (χ4n) is 14.3. The molecular formula is C66H72Cl2N6O10S2. The third-order valence-electron chi connectivity index (χ3n) is 19.2. The third-order valence-corrected chi connectivity index (χ3v) is 23.2. The van der Waals surface area contributed by atoms with Gasteiger partial charge in [-0.05, 0) is 133 Å². The van der Waals surface area contributed by atoms with Crippen molar-refractivity contribution in [2.24, 2.45) is 10.8 Å². The SMILES string of the molecule is COc1cc2[nH]c(C(=O)N3C[C@@H](CCl)c4c3cc(O)c3ccccc43)cc2cc1OCCN1CCC2(CC1)CCS(=O)(=O)C2.COc1cc2[nH]c(C(=O)N3C[C@@H](CCl)c4c3cc(O)c3ccccc43)cc2cc1OCCN1CCC2(CCSC2)CC1. The van der Waals surface area contributed by atoms with E-state index >= 15 is 0 Å². The Hall–Kier alpha value is -6.54. The fourth-order valence-corrected chi connectivity index (χ4v) is 18.7. The average molecular weight is 1240 g/mol. The Kier molecular flexibility index (Phi) is 16.2. The van der Waals surface area contributed by atoms with Gasteiger partial charge in [-0.3, -0.25) is 19.4 Å². The van der Waals surface area contributed by atoms with Crippen molar-refractivity contribution in [3.05, 3.63) is 120 Å². The highest BCUT2D eigenvalue weighted by molar-refractivity contribution is 7.99. The predicted octanol–water partition coefficient (Wildman–Crippen LogP) is 11.9. The number of benzene rings is 6. The molecule has 14 rings (SSSR count). The Morgan fingerprint density at radius 1 is 0.605 bits per heavy atom.